The fourth-order valence-corrected chi connectivity index (χ4v) is 6.02. The molecule has 0 saturated carbocycles. The van der Waals surface area contributed by atoms with Crippen LogP contribution in [0.5, 0.6) is 0 Å². The number of rotatable bonds is 5. The zero-order valence-corrected chi connectivity index (χ0v) is 23.6. The lowest BCUT2D eigenvalue weighted by molar-refractivity contribution is -0.127. The first-order valence-electron chi connectivity index (χ1n) is 13.6. The number of hydrogen-bond donors (Lipinski definition) is 3. The second-order valence-corrected chi connectivity index (χ2v) is 12.3. The molecule has 2 saturated heterocycles. The molecule has 3 aliphatic heterocycles. The van der Waals surface area contributed by atoms with E-state index in [1.165, 1.54) is 11.3 Å². The van der Waals surface area contributed by atoms with Gasteiger partial charge in [0.1, 0.15) is 5.84 Å². The van der Waals surface area contributed by atoms with Crippen LogP contribution in [-0.4, -0.2) is 69.5 Å². The van der Waals surface area contributed by atoms with E-state index in [9.17, 15) is 14.2 Å². The molecule has 2 fully saturated rings. The van der Waals surface area contributed by atoms with Crippen LogP contribution in [0.1, 0.15) is 55.5 Å². The number of hydrogen-bond acceptors (Lipinski definition) is 6. The summed E-state index contributed by atoms with van der Waals surface area (Å²) >= 11 is 0. The second-order valence-electron chi connectivity index (χ2n) is 11.1. The van der Waals surface area contributed by atoms with Crippen LogP contribution < -0.4 is 5.73 Å². The maximum Gasteiger partial charge on any atom is 0.469 e. The van der Waals surface area contributed by atoms with Gasteiger partial charge in [-0.15, -0.1) is 0 Å². The number of likely N-dealkylation sites (tertiary alicyclic amines) is 2. The number of nitrogens with zero attached hydrogens (tertiary/aromatic N) is 3. The third-order valence-corrected chi connectivity index (χ3v) is 8.52. The zero-order valence-electron chi connectivity index (χ0n) is 22.7. The third-order valence-electron chi connectivity index (χ3n) is 7.94. The maximum atomic E-state index is 13.6. The Morgan fingerprint density at radius 1 is 0.975 bits per heavy atom. The molecule has 4 N–H and O–H groups in total. The predicted octanol–water partition coefficient (Wildman–Crippen LogP) is 4.10. The minimum Gasteiger partial charge on any atom is -0.386 e. The Morgan fingerprint density at radius 2 is 1.65 bits per heavy atom. The summed E-state index contributed by atoms with van der Waals surface area (Å²) in [4.78, 5) is 52.9. The Labute approximate surface area is 233 Å². The summed E-state index contributed by atoms with van der Waals surface area (Å²) in [6.45, 7) is 5.67. The average Bonchev–Trinajstić information content (AvgIpc) is 3.35. The number of nitrogens with two attached hydrogens (primary N) is 1. The Hall–Kier alpha value is -3.30. The summed E-state index contributed by atoms with van der Waals surface area (Å²) in [7, 11) is -4.65. The highest BCUT2D eigenvalue weighted by molar-refractivity contribution is 7.46. The van der Waals surface area contributed by atoms with Crippen molar-refractivity contribution in [2.45, 2.75) is 45.6 Å². The van der Waals surface area contributed by atoms with E-state index < -0.39 is 19.3 Å². The normalized spacial score (nSPS) is 20.9. The molecule has 10 nitrogen and oxygen atoms in total. The topological polar surface area (TPSA) is 146 Å². The van der Waals surface area contributed by atoms with Crippen LogP contribution in [0.4, 0.5) is 5.69 Å². The molecule has 5 rings (SSSR count). The molecule has 3 aliphatic rings. The summed E-state index contributed by atoms with van der Waals surface area (Å²) in [6.07, 6.45) is 4.65. The lowest BCUT2D eigenvalue weighted by atomic mass is 9.81. The van der Waals surface area contributed by atoms with Gasteiger partial charge in [-0.2, -0.15) is 0 Å². The number of benzene rings is 2. The zero-order chi connectivity index (χ0) is 28.7. The van der Waals surface area contributed by atoms with Gasteiger partial charge in [0.25, 0.3) is 11.8 Å². The minimum atomic E-state index is -4.65. The number of carbonyl (C=O) groups is 2. The van der Waals surface area contributed by atoms with Gasteiger partial charge in [-0.1, -0.05) is 24.3 Å². The van der Waals surface area contributed by atoms with Crippen LogP contribution in [0.15, 0.2) is 53.0 Å². The molecule has 212 valence electrons. The van der Waals surface area contributed by atoms with Crippen LogP contribution in [0.25, 0.3) is 17.2 Å². The van der Waals surface area contributed by atoms with E-state index in [0.29, 0.717) is 29.8 Å². The Kier molecular flexibility index (Phi) is 7.72. The van der Waals surface area contributed by atoms with E-state index in [1.807, 2.05) is 61.2 Å². The van der Waals surface area contributed by atoms with Crippen molar-refractivity contribution in [3.63, 3.8) is 0 Å². The first kappa shape index (κ1) is 28.2. The number of piperidine rings is 1. The van der Waals surface area contributed by atoms with Crippen molar-refractivity contribution in [1.82, 2.24) is 9.80 Å². The van der Waals surface area contributed by atoms with Gasteiger partial charge in [-0.25, -0.2) is 9.56 Å². The van der Waals surface area contributed by atoms with Crippen molar-refractivity contribution in [3.05, 3.63) is 59.2 Å². The van der Waals surface area contributed by atoms with E-state index in [4.69, 9.17) is 25.0 Å². The van der Waals surface area contributed by atoms with Gasteiger partial charge in [-0.3, -0.25) is 14.1 Å². The predicted molar refractivity (Wildman–Crippen MR) is 153 cm³/mol. The average molecular weight is 567 g/mol. The Morgan fingerprint density at radius 3 is 2.33 bits per heavy atom. The highest BCUT2D eigenvalue weighted by Crippen LogP contribution is 2.41. The molecule has 0 radical (unpaired) electrons. The van der Waals surface area contributed by atoms with Gasteiger partial charge in [0.2, 0.25) is 0 Å². The molecule has 2 aromatic rings. The molecule has 2 aromatic carbocycles. The van der Waals surface area contributed by atoms with Gasteiger partial charge in [-0.05, 0) is 74.9 Å². The first-order valence-corrected chi connectivity index (χ1v) is 15.1. The maximum absolute atomic E-state index is 13.6. The fraction of sp³-hybridized carbons (Fsp3) is 0.414. The van der Waals surface area contributed by atoms with E-state index in [2.05, 4.69) is 0 Å². The molecular formula is C29H35N4O6P. The van der Waals surface area contributed by atoms with Gasteiger partial charge in [0.15, 0.2) is 0 Å². The third kappa shape index (κ3) is 5.90. The number of aliphatic imine (C=N–C) groups is 1. The number of fused-ring (bicyclic) bond motifs is 1. The number of carbonyl (C=O) groups excluding carboxylic acids is 2. The quantitative estimate of drug-likeness (QED) is 0.462. The largest absolute Gasteiger partial charge is 0.469 e. The molecule has 1 atom stereocenters. The lowest BCUT2D eigenvalue weighted by Gasteiger charge is -2.29. The van der Waals surface area contributed by atoms with E-state index >= 15 is 0 Å². The van der Waals surface area contributed by atoms with Crippen molar-refractivity contribution in [2.75, 3.05) is 26.2 Å². The summed E-state index contributed by atoms with van der Waals surface area (Å²) in [5.41, 5.74) is 9.89. The first-order chi connectivity index (χ1) is 18.9. The highest BCUT2D eigenvalue weighted by atomic mass is 31.2. The lowest BCUT2D eigenvalue weighted by Crippen LogP contribution is -2.41. The highest BCUT2D eigenvalue weighted by Gasteiger charge is 2.39. The van der Waals surface area contributed by atoms with Crippen molar-refractivity contribution < 1.29 is 28.5 Å². The molecule has 2 amide bonds. The molecule has 1 unspecified atom stereocenters. The molecule has 3 heterocycles. The minimum absolute atomic E-state index is 0.0627. The Balaban J connectivity index is 1.39. The summed E-state index contributed by atoms with van der Waals surface area (Å²) < 4.78 is 16.1. The smallest absolute Gasteiger partial charge is 0.386 e. The molecule has 0 aliphatic carbocycles. The van der Waals surface area contributed by atoms with E-state index in [1.54, 1.807) is 6.08 Å². The van der Waals surface area contributed by atoms with Crippen molar-refractivity contribution in [3.8, 4) is 11.1 Å². The molecular weight excluding hydrogens is 531 g/mol. The molecule has 0 spiro atoms. The van der Waals surface area contributed by atoms with E-state index in [0.717, 1.165) is 42.6 Å². The number of amides is 2. The van der Waals surface area contributed by atoms with Crippen molar-refractivity contribution in [2.24, 2.45) is 16.1 Å². The molecule has 40 heavy (non-hydrogen) atoms. The summed E-state index contributed by atoms with van der Waals surface area (Å²) in [5.74, 6) is 0.0753. The monoisotopic (exact) mass is 566 g/mol. The second kappa shape index (κ2) is 10.9. The number of phosphoric ester groups is 1. The summed E-state index contributed by atoms with van der Waals surface area (Å²) in [6, 6.07) is 13.3. The number of phosphoric acid groups is 1. The van der Waals surface area contributed by atoms with E-state index in [-0.39, 0.29) is 24.2 Å². The molecule has 0 aromatic heterocycles. The van der Waals surface area contributed by atoms with Gasteiger partial charge in [0.05, 0.1) is 17.2 Å². The van der Waals surface area contributed by atoms with Crippen LogP contribution in [-0.2, 0) is 13.9 Å². The van der Waals surface area contributed by atoms with Crippen LogP contribution in [0, 0.1) is 5.41 Å². The van der Waals surface area contributed by atoms with Crippen LogP contribution in [0.3, 0.4) is 0 Å². The summed E-state index contributed by atoms with van der Waals surface area (Å²) in [5, 5.41) is 0. The molecule has 11 heteroatoms. The van der Waals surface area contributed by atoms with Gasteiger partial charge >= 0.3 is 7.82 Å². The fourth-order valence-electron chi connectivity index (χ4n) is 5.46. The van der Waals surface area contributed by atoms with Crippen LogP contribution in [0.2, 0.25) is 0 Å². The number of amidine groups is 1. The van der Waals surface area contributed by atoms with Crippen molar-refractivity contribution >= 4 is 37.2 Å². The van der Waals surface area contributed by atoms with Gasteiger partial charge < -0.3 is 25.3 Å². The van der Waals surface area contributed by atoms with Gasteiger partial charge in [0, 0.05) is 42.9 Å². The van der Waals surface area contributed by atoms with Crippen molar-refractivity contribution in [1.29, 1.82) is 0 Å². The standard InChI is InChI=1S/C29H35N4O6P/c1-29(2)24(27(35)33-15-12-23(18-33)39-40(36,37)38)16-22-11-10-21(17-25(22)31-28(29)30)19-6-8-20(9-7-19)26(34)32-13-4-3-5-14-32/h6-11,16-17,23H,3-5,12-15,18H2,1-2H3,(H2,30,31)(H2,36,37,38). The molecule has 0 bridgehead atoms. The SMILES string of the molecule is CC1(C)C(C(=O)N2CCC(OP(=O)(O)O)C2)=Cc2ccc(-c3ccc(C(=O)N4CCCCC4)cc3)cc2N=C1N. The van der Waals surface area contributed by atoms with Crippen LogP contribution >= 0.6 is 7.82 Å². The Bertz CT molecular complexity index is 1420.